The number of aromatic nitrogens is 1. The van der Waals surface area contributed by atoms with Crippen LogP contribution in [0.25, 0.3) is 10.9 Å². The zero-order valence-corrected chi connectivity index (χ0v) is 52.6. The number of rotatable bonds is 33. The molecule has 0 saturated carbocycles. The van der Waals surface area contributed by atoms with E-state index in [0.717, 1.165) is 19.1 Å². The van der Waals surface area contributed by atoms with Gasteiger partial charge in [-0.25, -0.2) is 14.7 Å². The van der Waals surface area contributed by atoms with Crippen LogP contribution in [-0.4, -0.2) is 253 Å². The van der Waals surface area contributed by atoms with Gasteiger partial charge in [-0.3, -0.25) is 83.1 Å². The molecule has 532 valence electrons. The number of benzene rings is 1. The first-order chi connectivity index (χ1) is 45.4. The van der Waals surface area contributed by atoms with E-state index >= 15 is 0 Å². The molecule has 4 rings (SSSR count). The van der Waals surface area contributed by atoms with Gasteiger partial charge in [0.05, 0.1) is 32.0 Å². The molecule has 1 aromatic heterocycles. The average molecular weight is 1360 g/mol. The minimum atomic E-state index is -1.97. The average Bonchev–Trinajstić information content (AvgIpc) is 0.750. The smallest absolute Gasteiger partial charge is 0.320 e. The van der Waals surface area contributed by atoms with Gasteiger partial charge in [0, 0.05) is 50.5 Å². The normalized spacial score (nSPS) is 19.9. The van der Waals surface area contributed by atoms with Gasteiger partial charge in [-0.05, 0) is 90.2 Å². The maximum Gasteiger partial charge on any atom is 0.320 e. The summed E-state index contributed by atoms with van der Waals surface area (Å²) in [6.45, 7) is -0.997. The molecule has 2 aliphatic heterocycles. The molecule has 0 spiro atoms. The Kier molecular flexibility index (Phi) is 31.5. The fourth-order valence-electron chi connectivity index (χ4n) is 10.0. The molecule has 3 heterocycles. The second-order valence-electron chi connectivity index (χ2n) is 22.7. The summed E-state index contributed by atoms with van der Waals surface area (Å²) in [6, 6.07) is -12.9. The van der Waals surface area contributed by atoms with Crippen LogP contribution in [0.2, 0.25) is 0 Å². The summed E-state index contributed by atoms with van der Waals surface area (Å²) in [5.74, 6) is -13.4. The molecule has 0 radical (unpaired) electrons. The van der Waals surface area contributed by atoms with E-state index in [2.05, 4.69) is 63.5 Å². The molecule has 1 fully saturated rings. The van der Waals surface area contributed by atoms with Crippen molar-refractivity contribution in [2.45, 2.75) is 164 Å². The highest BCUT2D eigenvalue weighted by molar-refractivity contribution is 6.00. The number of carboxylic acid groups (broad SMARTS) is 1. The molecule has 2 unspecified atom stereocenters. The number of carbonyl (C=O) groups excluding carboxylic acids is 12. The number of aliphatic carboxylic acids is 1. The number of aliphatic hydroxyl groups excluding tert-OH is 4. The number of carbonyl (C=O) groups is 13. The van der Waals surface area contributed by atoms with Crippen molar-refractivity contribution in [3.8, 4) is 11.5 Å². The topological polar surface area (TPSA) is 637 Å². The molecular formula is C56H87N18O22+. The van der Waals surface area contributed by atoms with Gasteiger partial charge < -0.3 is 106 Å². The number of anilines is 2. The lowest BCUT2D eigenvalue weighted by molar-refractivity contribution is -0.674. The van der Waals surface area contributed by atoms with Crippen molar-refractivity contribution < 1.29 is 113 Å². The highest BCUT2D eigenvalue weighted by Crippen LogP contribution is 2.35. The molecular weight excluding hydrogens is 1280 g/mol. The van der Waals surface area contributed by atoms with Crippen LogP contribution < -0.4 is 80.3 Å². The number of aliphatic imine (C=N–C) groups is 1. The van der Waals surface area contributed by atoms with E-state index in [1.54, 1.807) is 0 Å². The summed E-state index contributed by atoms with van der Waals surface area (Å²) in [7, 11) is 0. The monoisotopic (exact) mass is 1360 g/mol. The van der Waals surface area contributed by atoms with Gasteiger partial charge in [-0.2, -0.15) is 0 Å². The van der Waals surface area contributed by atoms with Crippen LogP contribution in [0.4, 0.5) is 11.5 Å². The SMILES string of the molecule is CC(O)[C@@H]1NC(=O)[C@H](CCCN(O)C=O)NC(=O)[C@@H](NC(=O)[C@H](CCCN(O)C=O)NC(=O)[C@H](CO)NC(=O)[C@H](CCCN=C(N)N)NC(=O)[C@H](CO)NC(=O)[C@@H]2CCNc3c(NC(=O)CC[C@H](N)C(=O)O)cc4cc(O)c(O)cc4[n+]32)CCCCNC(=O)[C@H](C(C)O)NC1=O. The maximum atomic E-state index is 14.4. The van der Waals surface area contributed by atoms with Crippen molar-refractivity contribution in [2.75, 3.05) is 56.6 Å². The van der Waals surface area contributed by atoms with Crippen LogP contribution in [0.3, 0.4) is 0 Å². The molecule has 96 heavy (non-hydrogen) atoms. The summed E-state index contributed by atoms with van der Waals surface area (Å²) in [5.41, 5.74) is 16.7. The summed E-state index contributed by atoms with van der Waals surface area (Å²) < 4.78 is 1.34. The Morgan fingerprint density at radius 2 is 1.25 bits per heavy atom. The lowest BCUT2D eigenvalue weighted by Crippen LogP contribution is -2.62. The number of phenolic OH excluding ortho intramolecular Hbond substituents is 2. The number of aliphatic hydroxyl groups is 4. The second-order valence-corrected chi connectivity index (χ2v) is 22.7. The number of hydroxylamine groups is 4. The molecule has 26 N–H and O–H groups in total. The van der Waals surface area contributed by atoms with E-state index in [-0.39, 0.29) is 148 Å². The molecule has 2 aromatic rings. The Labute approximate surface area is 547 Å². The number of pyridine rings is 1. The van der Waals surface area contributed by atoms with Crippen LogP contribution >= 0.6 is 0 Å². The maximum absolute atomic E-state index is 14.4. The first kappa shape index (κ1) is 78.6. The highest BCUT2D eigenvalue weighted by atomic mass is 16.5. The van der Waals surface area contributed by atoms with Crippen molar-refractivity contribution in [3.63, 3.8) is 0 Å². The van der Waals surface area contributed by atoms with Crippen molar-refractivity contribution in [2.24, 2.45) is 22.2 Å². The Hall–Kier alpha value is -9.87. The molecule has 1 aromatic carbocycles. The van der Waals surface area contributed by atoms with Gasteiger partial charge >= 0.3 is 5.97 Å². The van der Waals surface area contributed by atoms with E-state index < -0.39 is 175 Å². The van der Waals surface area contributed by atoms with Crippen LogP contribution in [0, 0.1) is 0 Å². The van der Waals surface area contributed by atoms with Gasteiger partial charge in [0.25, 0.3) is 11.7 Å². The van der Waals surface area contributed by atoms with Gasteiger partial charge in [0.15, 0.2) is 23.5 Å². The van der Waals surface area contributed by atoms with Crippen LogP contribution in [0.1, 0.15) is 96.9 Å². The zero-order chi connectivity index (χ0) is 71.5. The fraction of sp³-hybridized carbons (Fsp3) is 0.589. The number of nitrogens with two attached hydrogens (primary N) is 3. The number of fused-ring (bicyclic) bond motifs is 3. The van der Waals surface area contributed by atoms with E-state index in [0.29, 0.717) is 0 Å². The number of hydrogen-bond acceptors (Lipinski definition) is 24. The third-order valence-electron chi connectivity index (χ3n) is 15.2. The molecule has 1 saturated heterocycles. The van der Waals surface area contributed by atoms with Gasteiger partial charge in [-0.15, -0.1) is 0 Å². The molecule has 2 aliphatic rings. The van der Waals surface area contributed by atoms with Crippen molar-refractivity contribution >= 4 is 106 Å². The predicted molar refractivity (Wildman–Crippen MR) is 330 cm³/mol. The summed E-state index contributed by atoms with van der Waals surface area (Å²) >= 11 is 0. The molecule has 0 aliphatic carbocycles. The highest BCUT2D eigenvalue weighted by Gasteiger charge is 2.40. The molecule has 40 heteroatoms. The Balaban J connectivity index is 1.63. The number of phenols is 2. The molecule has 12 atom stereocenters. The largest absolute Gasteiger partial charge is 0.504 e. The van der Waals surface area contributed by atoms with Crippen molar-refractivity contribution in [1.82, 2.24) is 58.0 Å². The number of aromatic hydroxyl groups is 2. The Bertz CT molecular complexity index is 3140. The van der Waals surface area contributed by atoms with E-state index in [4.69, 9.17) is 17.2 Å². The minimum Gasteiger partial charge on any atom is -0.504 e. The first-order valence-electron chi connectivity index (χ1n) is 30.6. The first-order valence-corrected chi connectivity index (χ1v) is 30.6. The fourth-order valence-corrected chi connectivity index (χ4v) is 10.0. The number of hydrogen-bond donors (Lipinski definition) is 23. The van der Waals surface area contributed by atoms with E-state index in [9.17, 15) is 108 Å². The van der Waals surface area contributed by atoms with Crippen LogP contribution in [0.5, 0.6) is 11.5 Å². The standard InChI is InChI=1S/C56H86N18O22/c1-27(79)43-53(91)61-15-4-3-8-31(46(84)65-34(11-7-19-73(96)26-78)49(87)70-44(28(2)80)54(92)71-43)64-47(85)33(10-6-18-72(95)25-77)67-50(88)36(23-75)68-48(86)32(9-5-16-62-56(58)59)66-51(89)37(24-76)69-52(90)38-14-17-60-45-35(63-42(83)13-12-30(57)55(93)94)20-29-21-40(81)41(82)22-39(29)74(38)45/h20-22,25-28,30-34,36-38,43-44,75-76,79-80,95-96H,3-19,23-24,57H2,1-2H3,(H17,58,59,60,61,62,63,64,65,66,67,68,69,70,71,81,82,83,84,85,86,87,88,89,90,91,92,93,94)/p+1/t27?,28?,30-,31-,32-,33-,34-,36-,37-,38-,43-,44-/m0/s1. The van der Waals surface area contributed by atoms with Crippen molar-refractivity contribution in [1.29, 1.82) is 0 Å². The third-order valence-corrected chi connectivity index (χ3v) is 15.2. The second kappa shape index (κ2) is 38.5. The minimum absolute atomic E-state index is 0.0240. The Morgan fingerprint density at radius 3 is 1.85 bits per heavy atom. The molecule has 12 amide bonds. The van der Waals surface area contributed by atoms with E-state index in [1.165, 1.54) is 17.6 Å². The summed E-state index contributed by atoms with van der Waals surface area (Å²) in [4.78, 5) is 177. The van der Waals surface area contributed by atoms with Crippen molar-refractivity contribution in [3.05, 3.63) is 18.2 Å². The van der Waals surface area contributed by atoms with Crippen LogP contribution in [0.15, 0.2) is 23.2 Å². The third kappa shape index (κ3) is 23.9. The van der Waals surface area contributed by atoms with Crippen LogP contribution in [-0.2, 0) is 62.3 Å². The number of nitrogens with zero attached hydrogens (tertiary/aromatic N) is 4. The quantitative estimate of drug-likeness (QED) is 0.00461. The number of nitrogens with one attached hydrogen (secondary N) is 11. The number of guanidine groups is 1. The van der Waals surface area contributed by atoms with Gasteiger partial charge in [-0.1, -0.05) is 0 Å². The van der Waals surface area contributed by atoms with Gasteiger partial charge in [0.1, 0.15) is 65.6 Å². The van der Waals surface area contributed by atoms with E-state index in [1.807, 2.05) is 0 Å². The summed E-state index contributed by atoms with van der Waals surface area (Å²) in [5, 5.41) is 120. The molecule has 40 nitrogen and oxygen atoms in total. The van der Waals surface area contributed by atoms with Gasteiger partial charge in [0.2, 0.25) is 66.0 Å². The number of amides is 12. The Morgan fingerprint density at radius 1 is 0.688 bits per heavy atom. The lowest BCUT2D eigenvalue weighted by Gasteiger charge is -2.29. The number of carboxylic acids is 1. The predicted octanol–water partition coefficient (Wildman–Crippen LogP) is -8.74. The summed E-state index contributed by atoms with van der Waals surface area (Å²) in [6.07, 6.45) is -5.44. The lowest BCUT2D eigenvalue weighted by atomic mass is 10.0. The molecule has 0 bridgehead atoms. The zero-order valence-electron chi connectivity index (χ0n) is 52.6.